The van der Waals surface area contributed by atoms with Gasteiger partial charge in [0.15, 0.2) is 0 Å². The lowest BCUT2D eigenvalue weighted by molar-refractivity contribution is 0.185. The Labute approximate surface area is 128 Å². The first kappa shape index (κ1) is 16.0. The number of nitrogens with one attached hydrogen (secondary N) is 1. The number of hydrogen-bond donors (Lipinski definition) is 1. The lowest BCUT2D eigenvalue weighted by Crippen LogP contribution is -2.33. The molecule has 1 saturated heterocycles. The van der Waals surface area contributed by atoms with Gasteiger partial charge in [-0.25, -0.2) is 0 Å². The van der Waals surface area contributed by atoms with Crippen LogP contribution in [0.4, 0.5) is 0 Å². The van der Waals surface area contributed by atoms with Gasteiger partial charge in [0.05, 0.1) is 0 Å². The molecule has 114 valence electrons. The van der Waals surface area contributed by atoms with Gasteiger partial charge in [-0.1, -0.05) is 20.8 Å². The first-order valence-corrected chi connectivity index (χ1v) is 8.66. The van der Waals surface area contributed by atoms with Crippen molar-refractivity contribution < 1.29 is 0 Å². The summed E-state index contributed by atoms with van der Waals surface area (Å²) in [6.45, 7) is 13.9. The van der Waals surface area contributed by atoms with Crippen LogP contribution in [0.3, 0.4) is 0 Å². The van der Waals surface area contributed by atoms with Gasteiger partial charge in [0.1, 0.15) is 0 Å². The van der Waals surface area contributed by atoms with Crippen molar-refractivity contribution in [3.8, 4) is 0 Å². The van der Waals surface area contributed by atoms with Gasteiger partial charge in [0.25, 0.3) is 0 Å². The van der Waals surface area contributed by atoms with Gasteiger partial charge < -0.3 is 5.32 Å². The second kappa shape index (κ2) is 6.17. The molecule has 0 radical (unpaired) electrons. The van der Waals surface area contributed by atoms with Crippen LogP contribution in [0.1, 0.15) is 56.8 Å². The Balaban J connectivity index is 2.27. The van der Waals surface area contributed by atoms with Crippen LogP contribution in [-0.4, -0.2) is 31.1 Å². The minimum absolute atomic E-state index is 0.267. The molecule has 0 spiro atoms. The normalized spacial score (nSPS) is 24.8. The van der Waals surface area contributed by atoms with Gasteiger partial charge in [-0.05, 0) is 63.9 Å². The summed E-state index contributed by atoms with van der Waals surface area (Å²) in [5.74, 6) is 0.744. The van der Waals surface area contributed by atoms with Gasteiger partial charge in [0.2, 0.25) is 0 Å². The SMILES string of the molecule is CNCC1CCN(C(C)C)C1c1ccc(C(C)(C)C)s1. The Hall–Kier alpha value is -0.380. The fraction of sp³-hybridized carbons (Fsp3) is 0.765. The van der Waals surface area contributed by atoms with E-state index in [-0.39, 0.29) is 5.41 Å². The molecule has 1 fully saturated rings. The minimum atomic E-state index is 0.267. The highest BCUT2D eigenvalue weighted by Gasteiger charge is 2.37. The number of thiophene rings is 1. The zero-order valence-electron chi connectivity index (χ0n) is 13.9. The van der Waals surface area contributed by atoms with Crippen LogP contribution in [0.2, 0.25) is 0 Å². The van der Waals surface area contributed by atoms with Gasteiger partial charge in [-0.15, -0.1) is 11.3 Å². The Morgan fingerprint density at radius 2 is 2.05 bits per heavy atom. The highest BCUT2D eigenvalue weighted by atomic mass is 32.1. The van der Waals surface area contributed by atoms with Gasteiger partial charge in [0, 0.05) is 21.8 Å². The minimum Gasteiger partial charge on any atom is -0.319 e. The van der Waals surface area contributed by atoms with Crippen LogP contribution in [0.15, 0.2) is 12.1 Å². The Bertz CT molecular complexity index is 430. The summed E-state index contributed by atoms with van der Waals surface area (Å²) in [6.07, 6.45) is 1.31. The summed E-state index contributed by atoms with van der Waals surface area (Å²) in [6, 6.07) is 5.94. The van der Waals surface area contributed by atoms with Crippen LogP contribution >= 0.6 is 11.3 Å². The zero-order chi connectivity index (χ0) is 14.9. The third-order valence-corrected chi connectivity index (χ3v) is 5.93. The summed E-state index contributed by atoms with van der Waals surface area (Å²) < 4.78 is 0. The Morgan fingerprint density at radius 1 is 1.35 bits per heavy atom. The van der Waals surface area contributed by atoms with Crippen molar-refractivity contribution in [3.63, 3.8) is 0 Å². The van der Waals surface area contributed by atoms with E-state index in [0.29, 0.717) is 12.1 Å². The Morgan fingerprint density at radius 3 is 2.55 bits per heavy atom. The summed E-state index contributed by atoms with van der Waals surface area (Å²) in [4.78, 5) is 5.74. The van der Waals surface area contributed by atoms with E-state index >= 15 is 0 Å². The first-order valence-electron chi connectivity index (χ1n) is 7.85. The number of likely N-dealkylation sites (tertiary alicyclic amines) is 1. The van der Waals surface area contributed by atoms with Gasteiger partial charge in [-0.3, -0.25) is 4.90 Å². The molecule has 0 bridgehead atoms. The van der Waals surface area contributed by atoms with E-state index in [9.17, 15) is 0 Å². The summed E-state index contributed by atoms with van der Waals surface area (Å²) in [5.41, 5.74) is 0.267. The van der Waals surface area contributed by atoms with E-state index in [1.165, 1.54) is 17.8 Å². The summed E-state index contributed by atoms with van der Waals surface area (Å²) in [5, 5.41) is 3.38. The summed E-state index contributed by atoms with van der Waals surface area (Å²) in [7, 11) is 2.07. The van der Waals surface area contributed by atoms with Crippen molar-refractivity contribution in [2.75, 3.05) is 20.1 Å². The molecule has 2 atom stereocenters. The molecule has 0 aliphatic carbocycles. The molecule has 1 aromatic rings. The molecule has 0 aromatic carbocycles. The lowest BCUT2D eigenvalue weighted by Gasteiger charge is -2.30. The first-order chi connectivity index (χ1) is 9.34. The highest BCUT2D eigenvalue weighted by molar-refractivity contribution is 7.12. The van der Waals surface area contributed by atoms with Crippen molar-refractivity contribution in [1.82, 2.24) is 10.2 Å². The molecule has 0 amide bonds. The fourth-order valence-corrected chi connectivity index (χ4v) is 4.53. The predicted molar refractivity (Wildman–Crippen MR) is 89.6 cm³/mol. The smallest absolute Gasteiger partial charge is 0.0485 e. The van der Waals surface area contributed by atoms with Crippen LogP contribution in [0.5, 0.6) is 0 Å². The van der Waals surface area contributed by atoms with E-state index in [2.05, 4.69) is 64.0 Å². The molecule has 2 heterocycles. The van der Waals surface area contributed by atoms with Crippen molar-refractivity contribution in [2.45, 2.75) is 58.5 Å². The van der Waals surface area contributed by atoms with Crippen LogP contribution < -0.4 is 5.32 Å². The molecule has 1 aromatic heterocycles. The Kier molecular flexibility index (Phi) is 4.93. The van der Waals surface area contributed by atoms with E-state index in [4.69, 9.17) is 0 Å². The maximum atomic E-state index is 3.38. The van der Waals surface area contributed by atoms with Crippen LogP contribution in [-0.2, 0) is 5.41 Å². The standard InChI is InChI=1S/C17H30N2S/c1-12(2)19-10-9-13(11-18-6)16(19)14-7-8-15(20-14)17(3,4)5/h7-8,12-13,16,18H,9-11H2,1-6H3. The number of hydrogen-bond acceptors (Lipinski definition) is 3. The molecule has 1 aliphatic rings. The maximum Gasteiger partial charge on any atom is 0.0485 e. The largest absolute Gasteiger partial charge is 0.319 e. The van der Waals surface area contributed by atoms with E-state index in [1.54, 1.807) is 4.88 Å². The van der Waals surface area contributed by atoms with E-state index < -0.39 is 0 Å². The van der Waals surface area contributed by atoms with Crippen molar-refractivity contribution >= 4 is 11.3 Å². The quantitative estimate of drug-likeness (QED) is 0.901. The predicted octanol–water partition coefficient (Wildman–Crippen LogP) is 4.04. The van der Waals surface area contributed by atoms with Gasteiger partial charge in [-0.2, -0.15) is 0 Å². The molecule has 2 nitrogen and oxygen atoms in total. The van der Waals surface area contributed by atoms with Crippen molar-refractivity contribution in [1.29, 1.82) is 0 Å². The van der Waals surface area contributed by atoms with Crippen molar-refractivity contribution in [3.05, 3.63) is 21.9 Å². The summed E-state index contributed by atoms with van der Waals surface area (Å²) >= 11 is 2.02. The molecule has 1 aliphatic heterocycles. The molecule has 1 N–H and O–H groups in total. The van der Waals surface area contributed by atoms with Crippen molar-refractivity contribution in [2.24, 2.45) is 5.92 Å². The maximum absolute atomic E-state index is 3.38. The van der Waals surface area contributed by atoms with Crippen LogP contribution in [0.25, 0.3) is 0 Å². The molecule has 20 heavy (non-hydrogen) atoms. The topological polar surface area (TPSA) is 15.3 Å². The fourth-order valence-electron chi connectivity index (χ4n) is 3.25. The third-order valence-electron chi connectivity index (χ3n) is 4.35. The highest BCUT2D eigenvalue weighted by Crippen LogP contribution is 2.42. The third kappa shape index (κ3) is 3.26. The van der Waals surface area contributed by atoms with Gasteiger partial charge >= 0.3 is 0 Å². The monoisotopic (exact) mass is 294 g/mol. The average Bonchev–Trinajstić information content (AvgIpc) is 2.93. The number of nitrogens with zero attached hydrogens (tertiary/aromatic N) is 1. The molecular weight excluding hydrogens is 264 g/mol. The second-order valence-electron chi connectivity index (χ2n) is 7.33. The molecule has 0 saturated carbocycles. The van der Waals surface area contributed by atoms with Crippen LogP contribution in [0, 0.1) is 5.92 Å². The number of rotatable bonds is 4. The second-order valence-corrected chi connectivity index (χ2v) is 8.45. The zero-order valence-corrected chi connectivity index (χ0v) is 14.7. The lowest BCUT2D eigenvalue weighted by atomic mass is 9.94. The molecule has 2 rings (SSSR count). The van der Waals surface area contributed by atoms with E-state index in [1.807, 2.05) is 11.3 Å². The average molecular weight is 295 g/mol. The molecule has 3 heteroatoms. The molecular formula is C17H30N2S. The molecule has 2 unspecified atom stereocenters. The van der Waals surface area contributed by atoms with E-state index in [0.717, 1.165) is 12.5 Å².